The van der Waals surface area contributed by atoms with Crippen molar-refractivity contribution in [1.82, 2.24) is 26.2 Å². The Kier molecular flexibility index (Phi) is 4.49. The fourth-order valence-electron chi connectivity index (χ4n) is 2.92. The second-order valence-corrected chi connectivity index (χ2v) is 5.92. The molecule has 1 fully saturated rings. The van der Waals surface area contributed by atoms with Crippen molar-refractivity contribution in [2.75, 3.05) is 13.1 Å². The lowest BCUT2D eigenvalue weighted by molar-refractivity contribution is -0.0999. The molecule has 0 saturated carbocycles. The van der Waals surface area contributed by atoms with E-state index in [2.05, 4.69) is 20.9 Å². The van der Waals surface area contributed by atoms with Gasteiger partial charge in [-0.1, -0.05) is 28.2 Å². The maximum Gasteiger partial charge on any atom is 0.234 e. The zero-order valence-electron chi connectivity index (χ0n) is 13.5. The van der Waals surface area contributed by atoms with E-state index in [1.54, 1.807) is 6.26 Å². The van der Waals surface area contributed by atoms with Crippen LogP contribution in [0.2, 0.25) is 0 Å². The van der Waals surface area contributed by atoms with Gasteiger partial charge in [-0.2, -0.15) is 0 Å². The standard InChI is InChI=1S/C16H19FN6O2/c17-23-19-11-22(21-23)16(25-13-4-2-1-3-5-13)14-10-24-15(20-14)12-6-8-18-9-7-12/h1-5,10-12,16,18,21H,6-9H2. The summed E-state index contributed by atoms with van der Waals surface area (Å²) in [6.07, 6.45) is 4.09. The summed E-state index contributed by atoms with van der Waals surface area (Å²) in [6.45, 7) is 1.90. The van der Waals surface area contributed by atoms with E-state index in [4.69, 9.17) is 9.15 Å². The molecule has 0 spiro atoms. The van der Waals surface area contributed by atoms with Crippen LogP contribution < -0.4 is 15.6 Å². The van der Waals surface area contributed by atoms with Gasteiger partial charge >= 0.3 is 0 Å². The maximum atomic E-state index is 13.3. The predicted octanol–water partition coefficient (Wildman–Crippen LogP) is 2.08. The minimum absolute atomic E-state index is 0.106. The molecule has 1 aromatic heterocycles. The zero-order chi connectivity index (χ0) is 17.1. The minimum atomic E-state index is -0.717. The Bertz CT molecular complexity index is 718. The molecular weight excluding hydrogens is 327 g/mol. The molecule has 0 radical (unpaired) electrons. The van der Waals surface area contributed by atoms with Crippen molar-refractivity contribution >= 4 is 6.34 Å². The molecule has 9 heteroatoms. The van der Waals surface area contributed by atoms with Crippen LogP contribution in [0.15, 0.2) is 46.1 Å². The molecule has 2 aromatic rings. The van der Waals surface area contributed by atoms with Gasteiger partial charge in [0.15, 0.2) is 5.89 Å². The van der Waals surface area contributed by atoms with Crippen LogP contribution in [-0.4, -0.2) is 34.8 Å². The van der Waals surface area contributed by atoms with Crippen LogP contribution in [0.5, 0.6) is 5.75 Å². The summed E-state index contributed by atoms with van der Waals surface area (Å²) in [5.74, 6) is 1.60. The van der Waals surface area contributed by atoms with Crippen LogP contribution in [0.25, 0.3) is 0 Å². The van der Waals surface area contributed by atoms with Gasteiger partial charge in [0.2, 0.25) is 6.23 Å². The number of hydrazine groups is 2. The third kappa shape index (κ3) is 3.57. The zero-order valence-corrected chi connectivity index (χ0v) is 13.5. The predicted molar refractivity (Wildman–Crippen MR) is 87.6 cm³/mol. The molecule has 2 N–H and O–H groups in total. The van der Waals surface area contributed by atoms with Crippen molar-refractivity contribution in [2.24, 2.45) is 5.10 Å². The van der Waals surface area contributed by atoms with Gasteiger partial charge < -0.3 is 14.5 Å². The Labute approximate surface area is 144 Å². The number of hydrogen-bond acceptors (Lipinski definition) is 8. The van der Waals surface area contributed by atoms with Crippen molar-refractivity contribution in [1.29, 1.82) is 0 Å². The fourth-order valence-corrected chi connectivity index (χ4v) is 2.92. The van der Waals surface area contributed by atoms with Crippen molar-refractivity contribution < 1.29 is 13.6 Å². The molecule has 1 unspecified atom stereocenters. The van der Waals surface area contributed by atoms with E-state index in [1.165, 1.54) is 11.3 Å². The summed E-state index contributed by atoms with van der Waals surface area (Å²) in [4.78, 5) is 4.60. The van der Waals surface area contributed by atoms with Crippen LogP contribution >= 0.6 is 0 Å². The molecule has 4 rings (SSSR count). The lowest BCUT2D eigenvalue weighted by Gasteiger charge is -2.25. The maximum absolute atomic E-state index is 13.3. The Balaban J connectivity index is 1.57. The van der Waals surface area contributed by atoms with Crippen molar-refractivity contribution in [3.63, 3.8) is 0 Å². The second-order valence-electron chi connectivity index (χ2n) is 5.92. The minimum Gasteiger partial charge on any atom is -0.463 e. The van der Waals surface area contributed by atoms with Gasteiger partial charge in [-0.3, -0.25) is 0 Å². The third-order valence-electron chi connectivity index (χ3n) is 4.20. The summed E-state index contributed by atoms with van der Waals surface area (Å²) in [6, 6.07) is 9.26. The number of rotatable bonds is 5. The highest BCUT2D eigenvalue weighted by molar-refractivity contribution is 5.55. The van der Waals surface area contributed by atoms with E-state index in [1.807, 2.05) is 30.3 Å². The number of halogens is 1. The average molecular weight is 346 g/mol. The largest absolute Gasteiger partial charge is 0.463 e. The summed E-state index contributed by atoms with van der Waals surface area (Å²) in [7, 11) is 0. The quantitative estimate of drug-likeness (QED) is 0.803. The fraction of sp³-hybridized carbons (Fsp3) is 0.375. The number of ether oxygens (including phenoxy) is 1. The number of piperidine rings is 1. The van der Waals surface area contributed by atoms with Gasteiger partial charge in [-0.15, -0.1) is 5.10 Å². The monoisotopic (exact) mass is 346 g/mol. The number of nitrogens with zero attached hydrogens (tertiary/aromatic N) is 4. The Hall–Kier alpha value is -2.65. The van der Waals surface area contributed by atoms with Crippen molar-refractivity contribution in [3.05, 3.63) is 48.2 Å². The number of hydrazone groups is 1. The Morgan fingerprint density at radius 3 is 2.76 bits per heavy atom. The first-order valence-electron chi connectivity index (χ1n) is 8.22. The van der Waals surface area contributed by atoms with Gasteiger partial charge in [-0.05, 0) is 43.4 Å². The van der Waals surface area contributed by atoms with Gasteiger partial charge in [0.05, 0.1) is 0 Å². The van der Waals surface area contributed by atoms with E-state index < -0.39 is 6.23 Å². The highest BCUT2D eigenvalue weighted by Gasteiger charge is 2.30. The Morgan fingerprint density at radius 1 is 1.24 bits per heavy atom. The van der Waals surface area contributed by atoms with Gasteiger partial charge in [0.1, 0.15) is 24.0 Å². The van der Waals surface area contributed by atoms with Gasteiger partial charge in [0.25, 0.3) is 0 Å². The van der Waals surface area contributed by atoms with Gasteiger partial charge in [0, 0.05) is 5.92 Å². The normalized spacial score (nSPS) is 19.4. The first-order chi connectivity index (χ1) is 12.3. The molecule has 1 aromatic carbocycles. The molecule has 2 aliphatic rings. The molecule has 2 aliphatic heterocycles. The molecule has 0 bridgehead atoms. The molecule has 25 heavy (non-hydrogen) atoms. The molecule has 0 amide bonds. The van der Waals surface area contributed by atoms with Crippen LogP contribution in [0, 0.1) is 0 Å². The average Bonchev–Trinajstić information content (AvgIpc) is 3.31. The van der Waals surface area contributed by atoms with E-state index in [9.17, 15) is 4.48 Å². The van der Waals surface area contributed by atoms with E-state index in [0.717, 1.165) is 25.9 Å². The molecule has 8 nitrogen and oxygen atoms in total. The van der Waals surface area contributed by atoms with Crippen LogP contribution in [0.4, 0.5) is 4.48 Å². The number of benzene rings is 1. The number of para-hydroxylation sites is 1. The highest BCUT2D eigenvalue weighted by atomic mass is 19.2. The number of nitrogens with one attached hydrogen (secondary N) is 2. The second kappa shape index (κ2) is 7.08. The highest BCUT2D eigenvalue weighted by Crippen LogP contribution is 2.29. The van der Waals surface area contributed by atoms with E-state index >= 15 is 0 Å². The first-order valence-corrected chi connectivity index (χ1v) is 8.22. The summed E-state index contributed by atoms with van der Waals surface area (Å²) >= 11 is 0. The molecule has 1 saturated heterocycles. The molecule has 1 atom stereocenters. The van der Waals surface area contributed by atoms with E-state index in [0.29, 0.717) is 17.3 Å². The molecular formula is C16H19FN6O2. The van der Waals surface area contributed by atoms with Crippen molar-refractivity contribution in [2.45, 2.75) is 25.0 Å². The summed E-state index contributed by atoms with van der Waals surface area (Å²) in [5.41, 5.74) is 2.97. The number of aromatic nitrogens is 1. The smallest absolute Gasteiger partial charge is 0.234 e. The van der Waals surface area contributed by atoms with Crippen LogP contribution in [0.3, 0.4) is 0 Å². The van der Waals surface area contributed by atoms with Crippen LogP contribution in [-0.2, 0) is 0 Å². The van der Waals surface area contributed by atoms with Gasteiger partial charge in [-0.25, -0.2) is 9.99 Å². The lowest BCUT2D eigenvalue weighted by atomic mass is 9.98. The molecule has 0 aliphatic carbocycles. The molecule has 3 heterocycles. The number of hydrogen-bond donors (Lipinski definition) is 2. The third-order valence-corrected chi connectivity index (χ3v) is 4.20. The van der Waals surface area contributed by atoms with Crippen LogP contribution in [0.1, 0.15) is 36.6 Å². The topological polar surface area (TPSA) is 78.2 Å². The summed E-state index contributed by atoms with van der Waals surface area (Å²) in [5, 5.41) is 8.32. The Morgan fingerprint density at radius 2 is 2.04 bits per heavy atom. The first kappa shape index (κ1) is 15.9. The SMILES string of the molecule is FN1N=CN(C(Oc2ccccc2)c2coc(C3CCNCC3)n2)N1. The number of oxazole rings is 1. The lowest BCUT2D eigenvalue weighted by Crippen LogP contribution is -2.42. The van der Waals surface area contributed by atoms with E-state index in [-0.39, 0.29) is 11.3 Å². The van der Waals surface area contributed by atoms with Crippen molar-refractivity contribution in [3.8, 4) is 5.75 Å². The molecule has 132 valence electrons. The summed E-state index contributed by atoms with van der Waals surface area (Å²) < 4.78 is 24.9.